The minimum absolute atomic E-state index is 0.0349. The number of nitrogens with two attached hydrogens (primary N) is 2. The van der Waals surface area contributed by atoms with Crippen LogP contribution in [0.2, 0.25) is 0 Å². The summed E-state index contributed by atoms with van der Waals surface area (Å²) >= 11 is 0. The Hall–Kier alpha value is -5.05. The van der Waals surface area contributed by atoms with E-state index in [1.54, 1.807) is 0 Å². The number of nitrogens with one attached hydrogen (secondary N) is 2. The van der Waals surface area contributed by atoms with E-state index in [0.29, 0.717) is 0 Å². The molecule has 9 rings (SSSR count). The summed E-state index contributed by atoms with van der Waals surface area (Å²) in [7, 11) is -22.3. The zero-order chi connectivity index (χ0) is 53.6. The van der Waals surface area contributed by atoms with E-state index >= 15 is 4.39 Å². The van der Waals surface area contributed by atoms with Crippen molar-refractivity contribution in [3.63, 3.8) is 0 Å². The quantitative estimate of drug-likeness (QED) is 0.0286. The normalized spacial score (nSPS) is 30.7. The largest absolute Gasteiger partial charge is 0.490 e. The summed E-state index contributed by atoms with van der Waals surface area (Å²) in [4.78, 5) is 91.1. The number of aromatic nitrogens is 13. The van der Waals surface area contributed by atoms with Crippen molar-refractivity contribution in [1.29, 1.82) is 0 Å². The average Bonchev–Trinajstić information content (AvgIpc) is 4.15. The van der Waals surface area contributed by atoms with Gasteiger partial charge in [-0.1, -0.05) is 5.21 Å². The van der Waals surface area contributed by atoms with Crippen molar-refractivity contribution in [3.8, 4) is 0 Å². The minimum atomic E-state index is -6.25. The SMILES string of the molecule is Cc1nc2c(nnn2[C@@H]2O[C@H](COP(=O)(O)OC3[C@@H](COP(=O)(O)OP(=O)(O)OP(=O)(O)OC[C@H]4O[C@@H](n5c[n+](C)c6c(=O)[nH]c(N)nc65)C(O)[C@H]4O)O[C@@H](n4cnc5c(N)ncnc54)[C@H]3F)C(O)[C@@H]2O)c(=O)[nH]1. The molecule has 3 fully saturated rings. The van der Waals surface area contributed by atoms with Crippen molar-refractivity contribution < 1.29 is 108 Å². The lowest BCUT2D eigenvalue weighted by atomic mass is 10.1. The van der Waals surface area contributed by atoms with E-state index in [4.69, 9.17) is 39.2 Å². The van der Waals surface area contributed by atoms with Gasteiger partial charge in [0.15, 0.2) is 41.3 Å². The summed E-state index contributed by atoms with van der Waals surface area (Å²) in [5, 5.41) is 50.4. The molecule has 6 aromatic heterocycles. The molecular formula is C31H41FN15O23P4+. The van der Waals surface area contributed by atoms with E-state index in [2.05, 4.69) is 58.3 Å². The van der Waals surface area contributed by atoms with Gasteiger partial charge in [0.1, 0.15) is 66.5 Å². The Morgan fingerprint density at radius 3 is 1.97 bits per heavy atom. The Morgan fingerprint density at radius 1 is 0.716 bits per heavy atom. The van der Waals surface area contributed by atoms with Crippen molar-refractivity contribution in [1.82, 2.24) is 59.0 Å². The van der Waals surface area contributed by atoms with Gasteiger partial charge in [-0.05, 0) is 6.92 Å². The number of H-pyrrole nitrogens is 2. The number of phosphoric acid groups is 4. The first kappa shape index (κ1) is 53.8. The monoisotopic (exact) mass is 1130 g/mol. The molecule has 0 saturated carbocycles. The number of imidazole rings is 2. The number of aryl methyl sites for hydroxylation is 2. The maximum atomic E-state index is 16.5. The van der Waals surface area contributed by atoms with Crippen LogP contribution in [-0.2, 0) is 66.2 Å². The van der Waals surface area contributed by atoms with Crippen LogP contribution in [0, 0.1) is 6.92 Å². The van der Waals surface area contributed by atoms with Gasteiger partial charge in [0.2, 0.25) is 18.5 Å². The van der Waals surface area contributed by atoms with Crippen LogP contribution in [-0.4, -0.2) is 174 Å². The van der Waals surface area contributed by atoms with Crippen molar-refractivity contribution in [2.75, 3.05) is 31.3 Å². The number of aliphatic hydroxyl groups is 4. The second-order valence-electron chi connectivity index (χ2n) is 16.3. The zero-order valence-electron chi connectivity index (χ0n) is 37.2. The molecule has 74 heavy (non-hydrogen) atoms. The molecule has 38 nitrogen and oxygen atoms in total. The number of halogens is 1. The summed E-state index contributed by atoms with van der Waals surface area (Å²) in [5.41, 5.74) is 9.30. The molecule has 43 heteroatoms. The number of hydrogen-bond acceptors (Lipinski definition) is 28. The average molecular weight is 1130 g/mol. The van der Waals surface area contributed by atoms with Crippen LogP contribution in [0.3, 0.4) is 0 Å². The van der Waals surface area contributed by atoms with Gasteiger partial charge in [0, 0.05) is 0 Å². The Morgan fingerprint density at radius 2 is 1.31 bits per heavy atom. The highest BCUT2D eigenvalue weighted by atomic mass is 31.3. The number of rotatable bonds is 18. The summed E-state index contributed by atoms with van der Waals surface area (Å²) in [6.07, 6.45) is -19.7. The summed E-state index contributed by atoms with van der Waals surface area (Å²) in [6.45, 7) is -2.24. The van der Waals surface area contributed by atoms with Gasteiger partial charge in [-0.25, -0.2) is 47.2 Å². The zero-order valence-corrected chi connectivity index (χ0v) is 40.8. The highest BCUT2D eigenvalue weighted by molar-refractivity contribution is 7.66. The van der Waals surface area contributed by atoms with Crippen LogP contribution in [0.4, 0.5) is 16.2 Å². The molecule has 404 valence electrons. The standard InChI is InChI=1S/C31H40FN15O23P4/c1-9-38-24-15(26(52)39-9)42-43-47(24)30-20(51)18(49)11(66-30)3-62-71(54,55)68-21-12(67-28(13(21)32)45-7-37-14-22(33)35-6-36-23(14)45)5-64-73(58,59)70-74(60,61)69-72(56,57)63-4-10-17(48)19(50)29(65-10)46-8-44(2)16-25(46)40-31(34)41-27(16)53/h6-8,10-13,17-21,28-30,48-51H,3-5H2,1-2H3,(H9-,33,34,35,36,38,39,40,41,43,52,53,54,55,56,57,58,59,60,61)/p+1/t10-,11-,12-,13+,17+,18?,19?,20+,21?,28-,29-,30-/m1/s1. The molecule has 0 aliphatic carbocycles. The molecule has 0 radical (unpaired) electrons. The Bertz CT molecular complexity index is 3450. The van der Waals surface area contributed by atoms with Crippen LogP contribution in [0.25, 0.3) is 33.5 Å². The molecule has 16 atom stereocenters. The minimum Gasteiger partial charge on any atom is -0.387 e. The predicted octanol–water partition coefficient (Wildman–Crippen LogP) is -4.27. The summed E-state index contributed by atoms with van der Waals surface area (Å²) < 4.78 is 117. The maximum absolute atomic E-state index is 16.5. The number of nitrogen functional groups attached to an aromatic ring is 2. The van der Waals surface area contributed by atoms with Gasteiger partial charge >= 0.3 is 36.9 Å². The third kappa shape index (κ3) is 10.6. The number of phosphoric ester groups is 3. The molecule has 9 heterocycles. The summed E-state index contributed by atoms with van der Waals surface area (Å²) in [5.74, 6) is -0.372. The first-order chi connectivity index (χ1) is 34.6. The number of aliphatic hydroxyl groups excluding tert-OH is 4. The third-order valence-electron chi connectivity index (χ3n) is 11.2. The van der Waals surface area contributed by atoms with Crippen LogP contribution >= 0.6 is 31.3 Å². The van der Waals surface area contributed by atoms with Gasteiger partial charge in [-0.3, -0.25) is 37.2 Å². The van der Waals surface area contributed by atoms with E-state index in [1.807, 2.05) is 0 Å². The van der Waals surface area contributed by atoms with Crippen molar-refractivity contribution in [3.05, 3.63) is 45.5 Å². The molecule has 3 saturated heterocycles. The van der Waals surface area contributed by atoms with Gasteiger partial charge in [0.05, 0.1) is 33.2 Å². The fraction of sp³-hybridized carbons (Fsp3) is 0.548. The lowest BCUT2D eigenvalue weighted by Gasteiger charge is -2.24. The lowest BCUT2D eigenvalue weighted by Crippen LogP contribution is -2.35. The van der Waals surface area contributed by atoms with Crippen molar-refractivity contribution in [2.45, 2.75) is 80.6 Å². The predicted molar refractivity (Wildman–Crippen MR) is 231 cm³/mol. The number of ether oxygens (including phenoxy) is 3. The molecule has 7 unspecified atom stereocenters. The first-order valence-electron chi connectivity index (χ1n) is 20.8. The molecule has 6 aromatic rings. The van der Waals surface area contributed by atoms with E-state index in [-0.39, 0.29) is 51.1 Å². The second kappa shape index (κ2) is 19.8. The highest BCUT2D eigenvalue weighted by Crippen LogP contribution is 2.68. The van der Waals surface area contributed by atoms with Gasteiger partial charge in [-0.2, -0.15) is 22.9 Å². The van der Waals surface area contributed by atoms with Gasteiger partial charge < -0.3 is 70.7 Å². The van der Waals surface area contributed by atoms with Crippen LogP contribution in [0.5, 0.6) is 0 Å². The molecule has 14 N–H and O–H groups in total. The second-order valence-corrected chi connectivity index (χ2v) is 22.3. The van der Waals surface area contributed by atoms with Gasteiger partial charge in [0.25, 0.3) is 16.7 Å². The Labute approximate surface area is 407 Å². The van der Waals surface area contributed by atoms with E-state index in [1.165, 1.54) is 24.9 Å². The van der Waals surface area contributed by atoms with E-state index in [0.717, 1.165) is 26.5 Å². The number of fused-ring (bicyclic) bond motifs is 3. The smallest absolute Gasteiger partial charge is 0.387 e. The molecule has 0 amide bonds. The van der Waals surface area contributed by atoms with Crippen molar-refractivity contribution in [2.24, 2.45) is 7.05 Å². The number of anilines is 2. The number of nitrogens with zero attached hydrogens (tertiary/aromatic N) is 11. The van der Waals surface area contributed by atoms with E-state index in [9.17, 15) is 67.8 Å². The van der Waals surface area contributed by atoms with Crippen LogP contribution < -0.4 is 27.2 Å². The van der Waals surface area contributed by atoms with Crippen LogP contribution in [0.15, 0.2) is 28.6 Å². The topological polar surface area (TPSA) is 540 Å². The fourth-order valence-corrected chi connectivity index (χ4v) is 12.5. The number of hydrogen-bond donors (Lipinski definition) is 12. The molecule has 0 spiro atoms. The Kier molecular flexibility index (Phi) is 14.4. The number of aromatic amines is 2. The molecule has 3 aliphatic rings. The van der Waals surface area contributed by atoms with Crippen LogP contribution in [0.1, 0.15) is 24.5 Å². The van der Waals surface area contributed by atoms with Gasteiger partial charge in [-0.15, -0.1) is 5.10 Å². The highest BCUT2D eigenvalue weighted by Gasteiger charge is 2.54. The third-order valence-corrected chi connectivity index (χ3v) is 16.5. The molecule has 0 aromatic carbocycles. The lowest BCUT2D eigenvalue weighted by molar-refractivity contribution is -0.646. The summed E-state index contributed by atoms with van der Waals surface area (Å²) in [6, 6.07) is 0. The molecule has 0 bridgehead atoms. The van der Waals surface area contributed by atoms with Crippen molar-refractivity contribution >= 4 is 76.5 Å². The molecule has 3 aliphatic heterocycles. The Balaban J connectivity index is 0.850. The maximum Gasteiger partial charge on any atom is 0.490 e. The number of alkyl halides is 1. The fourth-order valence-electron chi connectivity index (χ4n) is 7.99. The first-order valence-corrected chi connectivity index (χ1v) is 26.8. The molecular weight excluding hydrogens is 1090 g/mol. The van der Waals surface area contributed by atoms with E-state index < -0.39 is 136 Å².